The molecule has 3 nitrogen and oxygen atoms in total. The van der Waals surface area contributed by atoms with Gasteiger partial charge in [0, 0.05) is 0 Å². The molecule has 0 aliphatic heterocycles. The van der Waals surface area contributed by atoms with Crippen LogP contribution in [0.4, 0.5) is 0 Å². The van der Waals surface area contributed by atoms with E-state index in [1.807, 2.05) is 6.92 Å². The zero-order chi connectivity index (χ0) is 8.20. The zero-order valence-electron chi connectivity index (χ0n) is 6.62. The molecule has 0 N–H and O–H groups in total. The highest BCUT2D eigenvalue weighted by Gasteiger charge is 2.07. The minimum absolute atomic E-state index is 0.181. The molecule has 0 amide bonds. The van der Waals surface area contributed by atoms with Crippen LogP contribution in [0.3, 0.4) is 0 Å². The Bertz CT molecular complexity index is 171. The molecule has 62 valence electrons. The molecule has 0 aliphatic carbocycles. The van der Waals surface area contributed by atoms with Gasteiger partial charge in [0.15, 0.2) is 0 Å². The lowest BCUT2D eigenvalue weighted by Crippen LogP contribution is -2.13. The molecule has 10 heavy (non-hydrogen) atoms. The third kappa shape index (κ3) is 6.04. The van der Waals surface area contributed by atoms with E-state index in [9.17, 15) is 8.42 Å². The molecular weight excluding hydrogens is 152 g/mol. The summed E-state index contributed by atoms with van der Waals surface area (Å²) in [5.41, 5.74) is 0. The topological polar surface area (TPSA) is 43.4 Å². The highest BCUT2D eigenvalue weighted by Crippen LogP contribution is 2.03. The van der Waals surface area contributed by atoms with Gasteiger partial charge in [-0.25, -0.2) is 0 Å². The molecular formula is C6H14O3S. The second-order valence-electron chi connectivity index (χ2n) is 2.40. The lowest BCUT2D eigenvalue weighted by Gasteiger charge is -2.07. The van der Waals surface area contributed by atoms with Gasteiger partial charge in [0.25, 0.3) is 10.1 Å². The summed E-state index contributed by atoms with van der Waals surface area (Å²) in [7, 11) is -3.25. The lowest BCUT2D eigenvalue weighted by molar-refractivity contribution is 0.219. The number of hydrogen-bond acceptors (Lipinski definition) is 3. The van der Waals surface area contributed by atoms with Crippen molar-refractivity contribution in [2.75, 3.05) is 6.26 Å². The van der Waals surface area contributed by atoms with Gasteiger partial charge in [-0.2, -0.15) is 8.42 Å². The maximum Gasteiger partial charge on any atom is 0.264 e. The van der Waals surface area contributed by atoms with E-state index in [1.54, 1.807) is 6.92 Å². The van der Waals surface area contributed by atoms with Gasteiger partial charge in [0.05, 0.1) is 12.4 Å². The zero-order valence-corrected chi connectivity index (χ0v) is 7.44. The maximum absolute atomic E-state index is 10.5. The van der Waals surface area contributed by atoms with Crippen LogP contribution in [-0.4, -0.2) is 20.8 Å². The highest BCUT2D eigenvalue weighted by molar-refractivity contribution is 7.86. The minimum Gasteiger partial charge on any atom is -0.267 e. The largest absolute Gasteiger partial charge is 0.267 e. The summed E-state index contributed by atoms with van der Waals surface area (Å²) >= 11 is 0. The minimum atomic E-state index is -3.25. The Kier molecular flexibility index (Phi) is 3.89. The summed E-state index contributed by atoms with van der Waals surface area (Å²) in [4.78, 5) is 0. The van der Waals surface area contributed by atoms with Gasteiger partial charge in [-0.1, -0.05) is 13.3 Å². The van der Waals surface area contributed by atoms with E-state index in [4.69, 9.17) is 0 Å². The van der Waals surface area contributed by atoms with Crippen molar-refractivity contribution in [2.45, 2.75) is 32.8 Å². The Morgan fingerprint density at radius 1 is 1.50 bits per heavy atom. The maximum atomic E-state index is 10.5. The van der Waals surface area contributed by atoms with Gasteiger partial charge in [-0.05, 0) is 13.3 Å². The predicted octanol–water partition coefficient (Wildman–Crippen LogP) is 1.15. The molecule has 0 saturated carbocycles. The van der Waals surface area contributed by atoms with Gasteiger partial charge in [-0.15, -0.1) is 0 Å². The van der Waals surface area contributed by atoms with E-state index in [-0.39, 0.29) is 6.10 Å². The van der Waals surface area contributed by atoms with E-state index in [2.05, 4.69) is 4.18 Å². The van der Waals surface area contributed by atoms with E-state index >= 15 is 0 Å². The molecule has 1 unspecified atom stereocenters. The van der Waals surface area contributed by atoms with Gasteiger partial charge in [0.2, 0.25) is 0 Å². The first-order valence-electron chi connectivity index (χ1n) is 3.34. The quantitative estimate of drug-likeness (QED) is 0.588. The van der Waals surface area contributed by atoms with Crippen LogP contribution in [0.1, 0.15) is 26.7 Å². The Morgan fingerprint density at radius 2 is 2.00 bits per heavy atom. The van der Waals surface area contributed by atoms with Crippen LogP contribution in [0.25, 0.3) is 0 Å². The highest BCUT2D eigenvalue weighted by atomic mass is 32.2. The fraction of sp³-hybridized carbons (Fsp3) is 1.00. The molecule has 0 aromatic carbocycles. The molecule has 0 aromatic heterocycles. The van der Waals surface area contributed by atoms with Gasteiger partial charge in [-0.3, -0.25) is 4.18 Å². The third-order valence-electron chi connectivity index (χ3n) is 1.03. The second kappa shape index (κ2) is 3.93. The smallest absolute Gasteiger partial charge is 0.264 e. The molecule has 0 rings (SSSR count). The summed E-state index contributed by atoms with van der Waals surface area (Å²) in [6, 6.07) is 0. The monoisotopic (exact) mass is 166 g/mol. The van der Waals surface area contributed by atoms with Crippen LogP contribution in [0.15, 0.2) is 0 Å². The van der Waals surface area contributed by atoms with E-state index in [0.29, 0.717) is 0 Å². The Morgan fingerprint density at radius 3 is 2.30 bits per heavy atom. The Labute approximate surface area is 62.5 Å². The van der Waals surface area contributed by atoms with Crippen molar-refractivity contribution in [1.82, 2.24) is 0 Å². The fourth-order valence-corrected chi connectivity index (χ4v) is 1.45. The van der Waals surface area contributed by atoms with Crippen molar-refractivity contribution in [3.63, 3.8) is 0 Å². The standard InChI is InChI=1S/C6H14O3S/c1-4-5-6(2)9-10(3,7)8/h6H,4-5H2,1-3H3. The van der Waals surface area contributed by atoms with Crippen molar-refractivity contribution < 1.29 is 12.6 Å². The molecule has 0 saturated heterocycles. The van der Waals surface area contributed by atoms with Crippen molar-refractivity contribution in [2.24, 2.45) is 0 Å². The summed E-state index contributed by atoms with van der Waals surface area (Å²) in [6.07, 6.45) is 2.61. The van der Waals surface area contributed by atoms with E-state index < -0.39 is 10.1 Å². The third-order valence-corrected chi connectivity index (χ3v) is 1.71. The molecule has 0 aromatic rings. The van der Waals surface area contributed by atoms with Gasteiger partial charge >= 0.3 is 0 Å². The summed E-state index contributed by atoms with van der Waals surface area (Å²) in [6.45, 7) is 3.74. The number of rotatable bonds is 4. The summed E-state index contributed by atoms with van der Waals surface area (Å²) in [5, 5.41) is 0. The molecule has 0 fully saturated rings. The summed E-state index contributed by atoms with van der Waals surface area (Å²) in [5.74, 6) is 0. The van der Waals surface area contributed by atoms with E-state index in [1.165, 1.54) is 0 Å². The van der Waals surface area contributed by atoms with Crippen LogP contribution in [0.2, 0.25) is 0 Å². The first-order chi connectivity index (χ1) is 4.45. The number of hydrogen-bond donors (Lipinski definition) is 0. The van der Waals surface area contributed by atoms with Gasteiger partial charge < -0.3 is 0 Å². The molecule has 0 radical (unpaired) electrons. The van der Waals surface area contributed by atoms with Crippen molar-refractivity contribution in [1.29, 1.82) is 0 Å². The first-order valence-corrected chi connectivity index (χ1v) is 5.15. The van der Waals surface area contributed by atoms with Crippen LogP contribution < -0.4 is 0 Å². The van der Waals surface area contributed by atoms with Crippen LogP contribution in [0.5, 0.6) is 0 Å². The Hall–Kier alpha value is -0.0900. The fourth-order valence-electron chi connectivity index (χ4n) is 0.753. The van der Waals surface area contributed by atoms with Crippen LogP contribution in [-0.2, 0) is 14.3 Å². The van der Waals surface area contributed by atoms with Crippen molar-refractivity contribution in [3.8, 4) is 0 Å². The normalized spacial score (nSPS) is 15.1. The average Bonchev–Trinajstić information content (AvgIpc) is 1.59. The van der Waals surface area contributed by atoms with Crippen LogP contribution in [0, 0.1) is 0 Å². The van der Waals surface area contributed by atoms with Gasteiger partial charge in [0.1, 0.15) is 0 Å². The lowest BCUT2D eigenvalue weighted by atomic mass is 10.2. The first kappa shape index (κ1) is 9.91. The summed E-state index contributed by atoms with van der Waals surface area (Å²) < 4.78 is 25.6. The molecule has 1 atom stereocenters. The SMILES string of the molecule is CCCC(C)OS(C)(=O)=O. The second-order valence-corrected chi connectivity index (χ2v) is 4.00. The predicted molar refractivity (Wildman–Crippen MR) is 40.3 cm³/mol. The van der Waals surface area contributed by atoms with Crippen molar-refractivity contribution in [3.05, 3.63) is 0 Å². The Balaban J connectivity index is 3.69. The molecule has 0 spiro atoms. The van der Waals surface area contributed by atoms with Crippen LogP contribution >= 0.6 is 0 Å². The molecule has 0 heterocycles. The molecule has 0 bridgehead atoms. The average molecular weight is 166 g/mol. The molecule has 4 heteroatoms. The molecule has 0 aliphatic rings. The van der Waals surface area contributed by atoms with E-state index in [0.717, 1.165) is 19.1 Å². The van der Waals surface area contributed by atoms with Crippen molar-refractivity contribution >= 4 is 10.1 Å².